The van der Waals surface area contributed by atoms with Gasteiger partial charge < -0.3 is 0 Å². The SMILES string of the molecule is NC(=O)C[CH2][Ge]([c]1ccco1)([c]1ccco1)[c]1ccco1. The zero-order valence-corrected chi connectivity index (χ0v) is 13.4. The average molecular weight is 346 g/mol. The molecule has 0 aromatic carbocycles. The van der Waals surface area contributed by atoms with Gasteiger partial charge in [0.05, 0.1) is 0 Å². The molecule has 3 aromatic heterocycles. The Bertz CT molecular complexity index is 602. The molecule has 0 aliphatic heterocycles. The Labute approximate surface area is 124 Å². The number of amides is 1. The van der Waals surface area contributed by atoms with Crippen LogP contribution in [0.4, 0.5) is 0 Å². The van der Waals surface area contributed by atoms with Gasteiger partial charge in [-0.25, -0.2) is 0 Å². The minimum absolute atomic E-state index is 0.266. The Morgan fingerprint density at radius 1 is 0.905 bits per heavy atom. The van der Waals surface area contributed by atoms with Crippen molar-refractivity contribution in [3.63, 3.8) is 0 Å². The second kappa shape index (κ2) is 5.69. The zero-order valence-electron chi connectivity index (χ0n) is 11.3. The van der Waals surface area contributed by atoms with Crippen molar-refractivity contribution >= 4 is 33.0 Å². The predicted octanol–water partition coefficient (Wildman–Crippen LogP) is 0.811. The number of rotatable bonds is 6. The minimum atomic E-state index is -3.27. The summed E-state index contributed by atoms with van der Waals surface area (Å²) >= 11 is -3.27. The first-order valence-corrected chi connectivity index (χ1v) is 11.3. The third kappa shape index (κ3) is 2.44. The molecule has 0 saturated carbocycles. The van der Waals surface area contributed by atoms with E-state index >= 15 is 0 Å². The van der Waals surface area contributed by atoms with E-state index in [1.54, 1.807) is 18.8 Å². The van der Waals surface area contributed by atoms with E-state index in [0.29, 0.717) is 5.25 Å². The molecule has 0 bridgehead atoms. The van der Waals surface area contributed by atoms with Crippen molar-refractivity contribution in [1.82, 2.24) is 0 Å². The molecule has 1 amide bonds. The monoisotopic (exact) mass is 347 g/mol. The summed E-state index contributed by atoms with van der Waals surface area (Å²) in [6.45, 7) is 0. The molecule has 5 nitrogen and oxygen atoms in total. The summed E-state index contributed by atoms with van der Waals surface area (Å²) < 4.78 is 19.6. The molecular weight excluding hydrogens is 331 g/mol. The molecule has 108 valence electrons. The molecule has 0 aliphatic carbocycles. The Balaban J connectivity index is 2.18. The van der Waals surface area contributed by atoms with E-state index in [0.717, 1.165) is 13.8 Å². The van der Waals surface area contributed by atoms with Crippen LogP contribution in [0.2, 0.25) is 5.25 Å². The van der Waals surface area contributed by atoms with Gasteiger partial charge >= 0.3 is 124 Å². The summed E-state index contributed by atoms with van der Waals surface area (Å²) in [5.41, 5.74) is 5.36. The quantitative estimate of drug-likeness (QED) is 0.670. The van der Waals surface area contributed by atoms with Gasteiger partial charge in [0, 0.05) is 0 Å². The van der Waals surface area contributed by atoms with Gasteiger partial charge in [0.25, 0.3) is 0 Å². The number of nitrogens with two attached hydrogens (primary N) is 1. The van der Waals surface area contributed by atoms with Gasteiger partial charge in [0.15, 0.2) is 0 Å². The average Bonchev–Trinajstić information content (AvgIpc) is 3.24. The van der Waals surface area contributed by atoms with Gasteiger partial charge in [0.1, 0.15) is 0 Å². The van der Waals surface area contributed by atoms with Gasteiger partial charge in [-0.05, 0) is 0 Å². The van der Waals surface area contributed by atoms with Crippen LogP contribution in [0.1, 0.15) is 6.42 Å². The van der Waals surface area contributed by atoms with Crippen molar-refractivity contribution in [2.45, 2.75) is 11.7 Å². The molecule has 0 radical (unpaired) electrons. The summed E-state index contributed by atoms with van der Waals surface area (Å²) in [6.07, 6.45) is 5.16. The first-order chi connectivity index (χ1) is 10.2. The van der Waals surface area contributed by atoms with Crippen molar-refractivity contribution in [3.05, 3.63) is 55.2 Å². The fourth-order valence-corrected chi connectivity index (χ4v) is 11.1. The normalized spacial score (nSPS) is 11.6. The third-order valence-electron chi connectivity index (χ3n) is 3.57. The van der Waals surface area contributed by atoms with E-state index in [-0.39, 0.29) is 12.3 Å². The summed E-state index contributed by atoms with van der Waals surface area (Å²) in [6, 6.07) is 11.3. The van der Waals surface area contributed by atoms with Crippen LogP contribution in [0.25, 0.3) is 0 Å². The predicted molar refractivity (Wildman–Crippen MR) is 79.4 cm³/mol. The third-order valence-corrected chi connectivity index (χ3v) is 12.8. The number of carbonyl (C=O) groups excluding carboxylic acids is 1. The molecule has 3 aromatic rings. The molecule has 3 rings (SSSR count). The molecule has 0 saturated heterocycles. The van der Waals surface area contributed by atoms with Crippen molar-refractivity contribution in [2.75, 3.05) is 0 Å². The summed E-state index contributed by atoms with van der Waals surface area (Å²) in [5.74, 6) is -0.338. The molecule has 21 heavy (non-hydrogen) atoms. The zero-order chi connectivity index (χ0) is 14.7. The van der Waals surface area contributed by atoms with Crippen LogP contribution in [0.5, 0.6) is 0 Å². The summed E-state index contributed by atoms with van der Waals surface area (Å²) in [4.78, 5) is 11.3. The van der Waals surface area contributed by atoms with E-state index < -0.39 is 13.3 Å². The summed E-state index contributed by atoms with van der Waals surface area (Å²) in [7, 11) is 0. The number of hydrogen-bond acceptors (Lipinski definition) is 4. The van der Waals surface area contributed by atoms with Gasteiger partial charge in [-0.1, -0.05) is 0 Å². The Hall–Kier alpha value is -2.15. The number of hydrogen-bond donors (Lipinski definition) is 1. The van der Waals surface area contributed by atoms with E-state index in [1.807, 2.05) is 36.4 Å². The Morgan fingerprint density at radius 2 is 1.33 bits per heavy atom. The molecule has 3 heterocycles. The van der Waals surface area contributed by atoms with Crippen LogP contribution in [-0.4, -0.2) is 19.2 Å². The van der Waals surface area contributed by atoms with Crippen LogP contribution in [0, 0.1) is 0 Å². The van der Waals surface area contributed by atoms with Crippen LogP contribution in [0.15, 0.2) is 68.4 Å². The Morgan fingerprint density at radius 3 is 1.62 bits per heavy atom. The fraction of sp³-hybridized carbons (Fsp3) is 0.133. The van der Waals surface area contributed by atoms with E-state index in [9.17, 15) is 4.79 Å². The van der Waals surface area contributed by atoms with Crippen molar-refractivity contribution in [1.29, 1.82) is 0 Å². The first-order valence-electron chi connectivity index (χ1n) is 6.64. The molecule has 0 spiro atoms. The van der Waals surface area contributed by atoms with Crippen LogP contribution in [-0.2, 0) is 4.79 Å². The van der Waals surface area contributed by atoms with E-state index in [2.05, 4.69) is 0 Å². The van der Waals surface area contributed by atoms with Gasteiger partial charge in [-0.15, -0.1) is 0 Å². The molecule has 2 N–H and O–H groups in total. The topological polar surface area (TPSA) is 82.5 Å². The second-order valence-corrected chi connectivity index (χ2v) is 12.8. The fourth-order valence-electron chi connectivity index (χ4n) is 2.61. The van der Waals surface area contributed by atoms with Gasteiger partial charge in [-0.2, -0.15) is 0 Å². The molecule has 0 aliphatic rings. The van der Waals surface area contributed by atoms with Crippen molar-refractivity contribution < 1.29 is 18.0 Å². The number of furan rings is 3. The van der Waals surface area contributed by atoms with Crippen LogP contribution >= 0.6 is 0 Å². The second-order valence-electron chi connectivity index (χ2n) is 4.80. The maximum atomic E-state index is 11.3. The number of carbonyl (C=O) groups is 1. The van der Waals surface area contributed by atoms with E-state index in [1.165, 1.54) is 0 Å². The van der Waals surface area contributed by atoms with Crippen LogP contribution in [0.3, 0.4) is 0 Å². The van der Waals surface area contributed by atoms with Gasteiger partial charge in [-0.3, -0.25) is 0 Å². The number of primary amides is 1. The van der Waals surface area contributed by atoms with Crippen molar-refractivity contribution in [3.8, 4) is 0 Å². The maximum absolute atomic E-state index is 11.3. The first kappa shape index (κ1) is 13.8. The van der Waals surface area contributed by atoms with Gasteiger partial charge in [0.2, 0.25) is 0 Å². The molecule has 6 heteroatoms. The summed E-state index contributed by atoms with van der Waals surface area (Å²) in [5, 5.41) is 0.587. The standard InChI is InChI=1S/C15H15GeNO4/c17-15(18)7-8-16(12-4-1-9-19-12,13-5-2-10-20-13)14-6-3-11-21-14/h1-6,9-11H,7-8H2,(H2,17,18). The molecule has 0 fully saturated rings. The van der Waals surface area contributed by atoms with Crippen LogP contribution < -0.4 is 19.5 Å². The molecule has 0 atom stereocenters. The Kier molecular flexibility index (Phi) is 3.74. The van der Waals surface area contributed by atoms with E-state index in [4.69, 9.17) is 19.0 Å². The molecular formula is C15H15GeNO4. The van der Waals surface area contributed by atoms with Crippen molar-refractivity contribution in [2.24, 2.45) is 5.73 Å². The molecule has 0 unspecified atom stereocenters.